The highest BCUT2D eigenvalue weighted by Gasteiger charge is 2.22. The van der Waals surface area contributed by atoms with Crippen molar-refractivity contribution in [3.05, 3.63) is 83.7 Å². The number of hydrogen-bond donors (Lipinski definition) is 1. The number of Topliss-reactive ketones (excluding diaryl/α,β-unsaturated/α-hetero) is 1. The topological polar surface area (TPSA) is 86.6 Å². The van der Waals surface area contributed by atoms with Crippen LogP contribution in [0.4, 0.5) is 5.69 Å². The predicted octanol–water partition coefficient (Wildman–Crippen LogP) is 3.99. The summed E-state index contributed by atoms with van der Waals surface area (Å²) in [5, 5.41) is 2.70. The van der Waals surface area contributed by atoms with E-state index in [4.69, 9.17) is 9.47 Å². The largest absolute Gasteiger partial charge is 0.489 e. The Labute approximate surface area is 180 Å². The minimum absolute atomic E-state index is 0.156. The van der Waals surface area contributed by atoms with Crippen LogP contribution < -0.4 is 10.1 Å². The van der Waals surface area contributed by atoms with Crippen LogP contribution in [-0.4, -0.2) is 28.3 Å². The van der Waals surface area contributed by atoms with E-state index in [9.17, 15) is 14.4 Å². The van der Waals surface area contributed by atoms with Gasteiger partial charge in [0.2, 0.25) is 0 Å². The van der Waals surface area contributed by atoms with Gasteiger partial charge in [0, 0.05) is 24.5 Å². The summed E-state index contributed by atoms with van der Waals surface area (Å²) < 4.78 is 12.5. The van der Waals surface area contributed by atoms with Crippen molar-refractivity contribution in [2.24, 2.45) is 7.05 Å². The lowest BCUT2D eigenvalue weighted by Gasteiger charge is -2.14. The average molecular weight is 420 g/mol. The maximum Gasteiger partial charge on any atom is 0.355 e. The summed E-state index contributed by atoms with van der Waals surface area (Å²) in [4.78, 5) is 36.2. The standard InChI is InChI=1S/C24H24N2O5/c1-16(27)19-13-22(26(3)14-19)24(29)31-17(2)23(28)25-20-9-11-21(12-10-20)30-15-18-7-5-4-6-8-18/h4-14,17H,15H2,1-3H3,(H,25,28)/t17-/m1/s1. The Morgan fingerprint density at radius 2 is 1.71 bits per heavy atom. The van der Waals surface area contributed by atoms with Crippen LogP contribution in [0.25, 0.3) is 0 Å². The minimum Gasteiger partial charge on any atom is -0.489 e. The van der Waals surface area contributed by atoms with Crippen molar-refractivity contribution in [1.29, 1.82) is 0 Å². The molecular formula is C24H24N2O5. The first-order valence-corrected chi connectivity index (χ1v) is 9.79. The van der Waals surface area contributed by atoms with Gasteiger partial charge in [0.1, 0.15) is 18.1 Å². The van der Waals surface area contributed by atoms with Crippen LogP contribution >= 0.6 is 0 Å². The highest BCUT2D eigenvalue weighted by Crippen LogP contribution is 2.18. The highest BCUT2D eigenvalue weighted by molar-refractivity contribution is 5.99. The molecule has 0 fully saturated rings. The third-order valence-electron chi connectivity index (χ3n) is 4.64. The zero-order valence-corrected chi connectivity index (χ0v) is 17.6. The fourth-order valence-electron chi connectivity index (χ4n) is 2.85. The molecule has 3 rings (SSSR count). The Morgan fingerprint density at radius 1 is 1.03 bits per heavy atom. The molecule has 1 aromatic heterocycles. The number of ether oxygens (including phenoxy) is 2. The Morgan fingerprint density at radius 3 is 2.32 bits per heavy atom. The van der Waals surface area contributed by atoms with Crippen molar-refractivity contribution in [3.8, 4) is 5.75 Å². The van der Waals surface area contributed by atoms with Crippen LogP contribution in [0.15, 0.2) is 66.9 Å². The molecule has 3 aromatic rings. The number of amides is 1. The first kappa shape index (κ1) is 21.8. The zero-order chi connectivity index (χ0) is 22.4. The molecule has 0 bridgehead atoms. The molecule has 0 spiro atoms. The zero-order valence-electron chi connectivity index (χ0n) is 17.6. The third-order valence-corrected chi connectivity index (χ3v) is 4.64. The van der Waals surface area contributed by atoms with Gasteiger partial charge in [0.05, 0.1) is 0 Å². The van der Waals surface area contributed by atoms with E-state index in [1.54, 1.807) is 37.5 Å². The maximum absolute atomic E-state index is 12.4. The number of nitrogens with one attached hydrogen (secondary N) is 1. The molecular weight excluding hydrogens is 396 g/mol. The summed E-state index contributed by atoms with van der Waals surface area (Å²) in [5.41, 5.74) is 2.22. The molecule has 0 aliphatic heterocycles. The van der Waals surface area contributed by atoms with E-state index in [2.05, 4.69) is 5.32 Å². The summed E-state index contributed by atoms with van der Waals surface area (Å²) in [6, 6.07) is 18.2. The van der Waals surface area contributed by atoms with Gasteiger partial charge in [-0.1, -0.05) is 30.3 Å². The summed E-state index contributed by atoms with van der Waals surface area (Å²) in [6.07, 6.45) is 0.530. The number of aryl methyl sites for hydroxylation is 1. The smallest absolute Gasteiger partial charge is 0.355 e. The van der Waals surface area contributed by atoms with Gasteiger partial charge in [-0.15, -0.1) is 0 Å². The van der Waals surface area contributed by atoms with E-state index in [1.165, 1.54) is 24.5 Å². The monoisotopic (exact) mass is 420 g/mol. The first-order valence-electron chi connectivity index (χ1n) is 9.79. The average Bonchev–Trinajstić information content (AvgIpc) is 3.16. The van der Waals surface area contributed by atoms with Crippen LogP contribution in [0.1, 0.15) is 40.3 Å². The highest BCUT2D eigenvalue weighted by atomic mass is 16.5. The maximum atomic E-state index is 12.4. The van der Waals surface area contributed by atoms with Gasteiger partial charge in [-0.2, -0.15) is 0 Å². The third kappa shape index (κ3) is 5.82. The second-order valence-corrected chi connectivity index (χ2v) is 7.12. The molecule has 2 aromatic carbocycles. The molecule has 160 valence electrons. The molecule has 0 unspecified atom stereocenters. The van der Waals surface area contributed by atoms with E-state index in [0.717, 1.165) is 5.56 Å². The van der Waals surface area contributed by atoms with Gasteiger partial charge in [-0.3, -0.25) is 9.59 Å². The Hall–Kier alpha value is -3.87. The number of carbonyl (C=O) groups is 3. The molecule has 31 heavy (non-hydrogen) atoms. The normalized spacial score (nSPS) is 11.5. The summed E-state index contributed by atoms with van der Waals surface area (Å²) in [7, 11) is 1.63. The van der Waals surface area contributed by atoms with Crippen molar-refractivity contribution in [2.75, 3.05) is 5.32 Å². The molecule has 7 nitrogen and oxygen atoms in total. The van der Waals surface area contributed by atoms with E-state index in [-0.39, 0.29) is 11.5 Å². The van der Waals surface area contributed by atoms with Crippen molar-refractivity contribution in [2.45, 2.75) is 26.6 Å². The number of rotatable bonds is 8. The molecule has 1 heterocycles. The van der Waals surface area contributed by atoms with Crippen LogP contribution in [0, 0.1) is 0 Å². The van der Waals surface area contributed by atoms with Crippen LogP contribution in [-0.2, 0) is 23.2 Å². The number of carbonyl (C=O) groups excluding carboxylic acids is 3. The van der Waals surface area contributed by atoms with Crippen molar-refractivity contribution in [3.63, 3.8) is 0 Å². The van der Waals surface area contributed by atoms with Gasteiger partial charge in [0.15, 0.2) is 11.9 Å². The summed E-state index contributed by atoms with van der Waals surface area (Å²) in [5.74, 6) is -0.627. The summed E-state index contributed by atoms with van der Waals surface area (Å²) in [6.45, 7) is 3.35. The van der Waals surface area contributed by atoms with Gasteiger partial charge < -0.3 is 19.4 Å². The first-order chi connectivity index (χ1) is 14.8. The number of nitrogens with zero attached hydrogens (tertiary/aromatic N) is 1. The lowest BCUT2D eigenvalue weighted by molar-refractivity contribution is -0.123. The van der Waals surface area contributed by atoms with Gasteiger partial charge in [-0.05, 0) is 49.7 Å². The van der Waals surface area contributed by atoms with Crippen molar-refractivity contribution < 1.29 is 23.9 Å². The molecule has 0 saturated carbocycles. The lowest BCUT2D eigenvalue weighted by atomic mass is 10.2. The fraction of sp³-hybridized carbons (Fsp3) is 0.208. The second-order valence-electron chi connectivity index (χ2n) is 7.12. The second kappa shape index (κ2) is 9.75. The molecule has 0 saturated heterocycles. The molecule has 0 aliphatic carbocycles. The van der Waals surface area contributed by atoms with Gasteiger partial charge >= 0.3 is 5.97 Å². The molecule has 1 amide bonds. The lowest BCUT2D eigenvalue weighted by Crippen LogP contribution is -2.30. The molecule has 0 aliphatic rings. The number of esters is 1. The number of hydrogen-bond acceptors (Lipinski definition) is 5. The van der Waals surface area contributed by atoms with E-state index < -0.39 is 18.0 Å². The predicted molar refractivity (Wildman–Crippen MR) is 116 cm³/mol. The number of anilines is 1. The fourth-order valence-corrected chi connectivity index (χ4v) is 2.85. The quantitative estimate of drug-likeness (QED) is 0.440. The van der Waals surface area contributed by atoms with E-state index in [0.29, 0.717) is 23.6 Å². The number of benzene rings is 2. The van der Waals surface area contributed by atoms with Crippen LogP contribution in [0.5, 0.6) is 5.75 Å². The molecule has 7 heteroatoms. The van der Waals surface area contributed by atoms with E-state index in [1.807, 2.05) is 30.3 Å². The Bertz CT molecular complexity index is 1070. The van der Waals surface area contributed by atoms with E-state index >= 15 is 0 Å². The Balaban J connectivity index is 1.53. The number of ketones is 1. The van der Waals surface area contributed by atoms with Crippen LogP contribution in [0.2, 0.25) is 0 Å². The van der Waals surface area contributed by atoms with Gasteiger partial charge in [-0.25, -0.2) is 4.79 Å². The SMILES string of the molecule is CC(=O)c1cc(C(=O)O[C@H](C)C(=O)Nc2ccc(OCc3ccccc3)cc2)n(C)c1. The summed E-state index contributed by atoms with van der Waals surface area (Å²) >= 11 is 0. The minimum atomic E-state index is -1.02. The van der Waals surface area contributed by atoms with Gasteiger partial charge in [0.25, 0.3) is 5.91 Å². The molecule has 0 radical (unpaired) electrons. The van der Waals surface area contributed by atoms with Crippen LogP contribution in [0.3, 0.4) is 0 Å². The molecule has 1 N–H and O–H groups in total. The Kier molecular flexibility index (Phi) is 6.87. The van der Waals surface area contributed by atoms with Crippen molar-refractivity contribution in [1.82, 2.24) is 4.57 Å². The van der Waals surface area contributed by atoms with Crippen molar-refractivity contribution >= 4 is 23.3 Å². The molecule has 1 atom stereocenters. The number of aromatic nitrogens is 1.